The molecule has 3 aromatic rings. The van der Waals surface area contributed by atoms with E-state index in [2.05, 4.69) is 57.2 Å². The number of rotatable bonds is 16. The second kappa shape index (κ2) is 19.4. The molecule has 0 amide bonds. The van der Waals surface area contributed by atoms with Crippen LogP contribution in [0.5, 0.6) is 0 Å². The fraction of sp³-hybridized carbons (Fsp3) is 0.526. The number of nitrogen functional groups attached to an aromatic ring is 2. The van der Waals surface area contributed by atoms with Gasteiger partial charge in [-0.25, -0.2) is 37.2 Å². The van der Waals surface area contributed by atoms with Crippen LogP contribution in [-0.4, -0.2) is 138 Å². The van der Waals surface area contributed by atoms with Gasteiger partial charge in [0.1, 0.15) is 42.1 Å². The van der Waals surface area contributed by atoms with Crippen LogP contribution in [0.2, 0.25) is 0 Å². The molecule has 5 heterocycles. The van der Waals surface area contributed by atoms with Gasteiger partial charge in [0, 0.05) is 6.20 Å². The smallest absolute Gasteiger partial charge is 0.387 e. The van der Waals surface area contributed by atoms with Crippen LogP contribution in [0.25, 0.3) is 11.2 Å². The third kappa shape index (κ3) is 14.2. The Balaban J connectivity index is 0.000000273. The highest BCUT2D eigenvalue weighted by Crippen LogP contribution is 2.67. The molecular weight excluding hydrogens is 1050 g/mol. The second-order valence-electron chi connectivity index (χ2n) is 11.8. The Morgan fingerprint density at radius 3 is 1.55 bits per heavy atom. The molecule has 2 fully saturated rings. The summed E-state index contributed by atoms with van der Waals surface area (Å²) in [5, 5.41) is 40.5. The first kappa shape index (κ1) is 52.5. The Hall–Kier alpha value is -2.11. The Bertz CT molecular complexity index is 2550. The van der Waals surface area contributed by atoms with Gasteiger partial charge >= 0.3 is 52.6 Å². The summed E-state index contributed by atoms with van der Waals surface area (Å²) < 4.78 is 102. The molecule has 0 spiro atoms. The number of aromatic amines is 1. The van der Waals surface area contributed by atoms with Crippen molar-refractivity contribution in [1.29, 1.82) is 0 Å². The number of H-pyrrole nitrogens is 1. The number of nitrogens with two attached hydrogens (primary N) is 2. The average Bonchev–Trinajstić information content (AvgIpc) is 3.71. The van der Waals surface area contributed by atoms with Crippen LogP contribution in [0.15, 0.2) is 26.6 Å². The number of hydrogen-bond donors (Lipinski definition) is 15. The lowest BCUT2D eigenvalue weighted by Crippen LogP contribution is -2.38. The first-order valence-electron chi connectivity index (χ1n) is 15.5. The number of nitrogens with zero attached hydrogens (tertiary/aromatic N) is 5. The van der Waals surface area contributed by atoms with Crippen molar-refractivity contribution in [2.75, 3.05) is 24.7 Å². The number of halogens is 1. The monoisotopic (exact) mass is 1080 g/mol. The van der Waals surface area contributed by atoms with Gasteiger partial charge < -0.3 is 80.5 Å². The van der Waals surface area contributed by atoms with Crippen LogP contribution in [-0.2, 0) is 63.2 Å². The minimum atomic E-state index is -5.74. The van der Waals surface area contributed by atoms with Crippen molar-refractivity contribution in [1.82, 2.24) is 29.1 Å². The van der Waals surface area contributed by atoms with Gasteiger partial charge in [0.25, 0.3) is 5.56 Å². The molecule has 0 saturated carbocycles. The Labute approximate surface area is 348 Å². The van der Waals surface area contributed by atoms with Crippen LogP contribution in [0.1, 0.15) is 12.5 Å². The highest BCUT2D eigenvalue weighted by Gasteiger charge is 2.48. The summed E-state index contributed by atoms with van der Waals surface area (Å²) in [6, 6.07) is 0. The minimum absolute atomic E-state index is 0.0415. The predicted octanol–water partition coefficient (Wildman–Crippen LogP) is -3.79. The fourth-order valence-corrected chi connectivity index (χ4v) is 11.3. The number of anilines is 2. The SMILES string of the molecule is Nc1nc(N)c2ncn([C@@H]3O[C@H](COP(=O)(O)OP(=O)(O)OP(=O)(O)O)[C@@H](O)[C@H]3O)c2n1.O=c1[nH]c(=O)n([C@@H]2O[C@H](COP(=O)(O)OP(=O)(O)OP(=O)(O)O)[C@@H](O)[C@H]2O)cc1Br. The summed E-state index contributed by atoms with van der Waals surface area (Å²) in [5.74, 6) is -0.280. The van der Waals surface area contributed by atoms with Crippen molar-refractivity contribution < 1.29 is 123 Å². The van der Waals surface area contributed by atoms with Gasteiger partial charge in [0.15, 0.2) is 23.9 Å². The van der Waals surface area contributed by atoms with Crippen molar-refractivity contribution in [2.24, 2.45) is 0 Å². The van der Waals surface area contributed by atoms with Crippen LogP contribution < -0.4 is 22.7 Å². The molecule has 17 N–H and O–H groups in total. The number of aliphatic hydroxyl groups is 4. The maximum absolute atomic E-state index is 11.9. The molecule has 12 atom stereocenters. The van der Waals surface area contributed by atoms with Gasteiger partial charge in [-0.05, 0) is 15.9 Å². The third-order valence-electron chi connectivity index (χ3n) is 7.25. The Morgan fingerprint density at radius 2 is 1.11 bits per heavy atom. The van der Waals surface area contributed by atoms with Crippen molar-refractivity contribution in [3.05, 3.63) is 37.8 Å². The number of hydrogen-bond acceptors (Lipinski definition) is 25. The molecule has 0 aromatic carbocycles. The van der Waals surface area contributed by atoms with Crippen molar-refractivity contribution >= 4 is 85.8 Å². The van der Waals surface area contributed by atoms with E-state index < -0.39 is 120 Å². The number of phosphoric ester groups is 2. The maximum atomic E-state index is 11.9. The lowest BCUT2D eigenvalue weighted by atomic mass is 10.1. The molecule has 62 heavy (non-hydrogen) atoms. The molecule has 0 aliphatic carbocycles. The summed E-state index contributed by atoms with van der Waals surface area (Å²) >= 11 is 2.85. The summed E-state index contributed by atoms with van der Waals surface area (Å²) in [5.41, 5.74) is 9.57. The molecule has 0 bridgehead atoms. The molecule has 2 aliphatic heterocycles. The van der Waals surface area contributed by atoms with E-state index in [-0.39, 0.29) is 27.4 Å². The van der Waals surface area contributed by atoms with Crippen LogP contribution in [0.4, 0.5) is 11.8 Å². The fourth-order valence-electron chi connectivity index (χ4n) is 4.93. The predicted molar refractivity (Wildman–Crippen MR) is 195 cm³/mol. The molecule has 0 radical (unpaired) electrons. The Morgan fingerprint density at radius 1 is 0.677 bits per heavy atom. The molecule has 36 nitrogen and oxygen atoms in total. The number of aromatic nitrogens is 6. The molecule has 4 unspecified atom stereocenters. The highest BCUT2D eigenvalue weighted by atomic mass is 79.9. The molecule has 352 valence electrons. The molecular formula is C19H31BrN8O28P6. The summed E-state index contributed by atoms with van der Waals surface area (Å²) in [7, 11) is -33.5. The third-order valence-corrected chi connectivity index (χ3v) is 15.4. The summed E-state index contributed by atoms with van der Waals surface area (Å²) in [4.78, 5) is 108. The van der Waals surface area contributed by atoms with Gasteiger partial charge in [-0.3, -0.25) is 28.0 Å². The number of fused-ring (bicyclic) bond motifs is 1. The zero-order chi connectivity index (χ0) is 47.1. The van der Waals surface area contributed by atoms with Crippen molar-refractivity contribution in [3.63, 3.8) is 0 Å². The van der Waals surface area contributed by atoms with Crippen LogP contribution in [0.3, 0.4) is 0 Å². The normalized spacial score (nSPS) is 28.3. The van der Waals surface area contributed by atoms with Gasteiger partial charge in [-0.15, -0.1) is 0 Å². The zero-order valence-electron chi connectivity index (χ0n) is 29.5. The van der Waals surface area contributed by atoms with E-state index in [4.69, 9.17) is 50.3 Å². The van der Waals surface area contributed by atoms with E-state index in [1.54, 1.807) is 0 Å². The molecule has 5 rings (SSSR count). The largest absolute Gasteiger partial charge is 0.490 e. The number of phosphoric acid groups is 6. The number of ether oxygens (including phenoxy) is 2. The number of nitrogens with one attached hydrogen (secondary N) is 1. The molecule has 43 heteroatoms. The quantitative estimate of drug-likeness (QED) is 0.0612. The van der Waals surface area contributed by atoms with Crippen LogP contribution in [0, 0.1) is 0 Å². The average molecular weight is 1090 g/mol. The molecule has 2 aliphatic rings. The van der Waals surface area contributed by atoms with E-state index in [1.165, 1.54) is 0 Å². The van der Waals surface area contributed by atoms with E-state index in [1.807, 2.05) is 4.98 Å². The topological polar surface area (TPSA) is 570 Å². The lowest BCUT2D eigenvalue weighted by molar-refractivity contribution is -0.0543. The Kier molecular flexibility index (Phi) is 16.4. The highest BCUT2D eigenvalue weighted by molar-refractivity contribution is 9.10. The zero-order valence-corrected chi connectivity index (χ0v) is 36.5. The van der Waals surface area contributed by atoms with E-state index >= 15 is 0 Å². The molecule has 3 aromatic heterocycles. The maximum Gasteiger partial charge on any atom is 0.490 e. The lowest BCUT2D eigenvalue weighted by Gasteiger charge is -2.19. The summed E-state index contributed by atoms with van der Waals surface area (Å²) in [6.07, 6.45) is -10.8. The van der Waals surface area contributed by atoms with Gasteiger partial charge in [-0.1, -0.05) is 0 Å². The van der Waals surface area contributed by atoms with Gasteiger partial charge in [0.05, 0.1) is 24.0 Å². The first-order chi connectivity index (χ1) is 28.1. The standard InChI is InChI=1S/C10H17N6O13P3.C9H14BrN2O15P3/c11-7-4-8(15-10(12)14-7)16(2-13-4)9-6(18)5(17)3(27-9)1-26-31(22,23)29-32(24,25)28-30(19,20)21;10-3-1-12(9(16)11-7(3)15)8-6(14)5(13)4(25-8)2-24-29(20,21)27-30(22,23)26-28(17,18)19/h2-3,5-6,9,17-18H,1H2,(H,22,23)(H,24,25)(H2,19,20,21)(H4,11,12,14,15);1,4-6,8,13-14H,2H2,(H,20,21)(H,22,23)(H,11,15,16)(H2,17,18,19)/t3-,5-,6-,9-;4-,5-,6-,8-/m11/s1. The molecule has 2 saturated heterocycles. The first-order valence-corrected chi connectivity index (χ1v) is 25.3. The summed E-state index contributed by atoms with van der Waals surface area (Å²) in [6.45, 7) is -2.04. The van der Waals surface area contributed by atoms with Gasteiger partial charge in [-0.2, -0.15) is 27.2 Å². The van der Waals surface area contributed by atoms with E-state index in [0.29, 0.717) is 4.57 Å². The van der Waals surface area contributed by atoms with Crippen molar-refractivity contribution in [3.8, 4) is 0 Å². The minimum Gasteiger partial charge on any atom is -0.387 e. The van der Waals surface area contributed by atoms with Gasteiger partial charge in [0.2, 0.25) is 5.95 Å². The van der Waals surface area contributed by atoms with Crippen LogP contribution >= 0.6 is 62.9 Å². The second-order valence-corrected chi connectivity index (χ2v) is 21.5. The van der Waals surface area contributed by atoms with Crippen molar-refractivity contribution in [2.45, 2.75) is 49.1 Å². The number of imidazole rings is 1. The van der Waals surface area contributed by atoms with E-state index in [0.717, 1.165) is 17.1 Å². The number of aliphatic hydroxyl groups excluding tert-OH is 4. The van der Waals surface area contributed by atoms with E-state index in [9.17, 15) is 67.2 Å².